The quantitative estimate of drug-likeness (QED) is 0.421. The number of aromatic nitrogens is 1. The number of hydrogen-bond donors (Lipinski definition) is 1. The average Bonchev–Trinajstić information content (AvgIpc) is 3.43. The average molecular weight is 458 g/mol. The summed E-state index contributed by atoms with van der Waals surface area (Å²) in [7, 11) is 0. The van der Waals surface area contributed by atoms with E-state index in [1.54, 1.807) is 11.8 Å². The van der Waals surface area contributed by atoms with Crippen molar-refractivity contribution in [3.8, 4) is 0 Å². The molecule has 8 nitrogen and oxygen atoms in total. The second kappa shape index (κ2) is 6.07. The van der Waals surface area contributed by atoms with Crippen LogP contribution in [0.2, 0.25) is 0 Å². The Kier molecular flexibility index (Phi) is 3.77. The SMILES string of the molecule is CC1(C)c2sc(=O)[nH]c2SC2C3CC(C4C(=O)N(c5ccc([N+](=O)[O-])cc5)C(=O)C34)C21. The van der Waals surface area contributed by atoms with Gasteiger partial charge in [-0.1, -0.05) is 25.2 Å². The molecule has 3 heterocycles. The van der Waals surface area contributed by atoms with E-state index in [4.69, 9.17) is 0 Å². The summed E-state index contributed by atoms with van der Waals surface area (Å²) in [6, 6.07) is 5.60. The Morgan fingerprint density at radius 2 is 1.74 bits per heavy atom. The molecule has 1 N–H and O–H groups in total. The summed E-state index contributed by atoms with van der Waals surface area (Å²) < 4.78 is 0. The van der Waals surface area contributed by atoms with Crippen LogP contribution in [0.1, 0.15) is 25.1 Å². The van der Waals surface area contributed by atoms with Crippen molar-refractivity contribution >= 4 is 46.3 Å². The molecule has 2 aromatic rings. The van der Waals surface area contributed by atoms with E-state index in [9.17, 15) is 24.5 Å². The number of thiazole rings is 1. The minimum Gasteiger partial charge on any atom is -0.307 e. The lowest BCUT2D eigenvalue weighted by Gasteiger charge is -2.47. The Bertz CT molecular complexity index is 1220. The smallest absolute Gasteiger partial charge is 0.305 e. The van der Waals surface area contributed by atoms with Crippen LogP contribution >= 0.6 is 23.1 Å². The summed E-state index contributed by atoms with van der Waals surface area (Å²) in [6.07, 6.45) is 0.853. The first kappa shape index (κ1) is 19.2. The molecule has 2 amide bonds. The number of H-pyrrole nitrogens is 1. The van der Waals surface area contributed by atoms with Gasteiger partial charge in [-0.15, -0.1) is 11.8 Å². The van der Waals surface area contributed by atoms with Crippen LogP contribution in [0.15, 0.2) is 34.1 Å². The van der Waals surface area contributed by atoms with E-state index in [2.05, 4.69) is 18.8 Å². The number of amides is 2. The van der Waals surface area contributed by atoms with Gasteiger partial charge in [-0.3, -0.25) is 29.4 Å². The lowest BCUT2D eigenvalue weighted by atomic mass is 9.64. The summed E-state index contributed by atoms with van der Waals surface area (Å²) >= 11 is 2.92. The number of nitro groups is 1. The van der Waals surface area contributed by atoms with Gasteiger partial charge in [-0.25, -0.2) is 0 Å². The van der Waals surface area contributed by atoms with E-state index in [-0.39, 0.29) is 62.6 Å². The number of fused-ring (bicyclic) bond motifs is 9. The number of hydrogen-bond acceptors (Lipinski definition) is 7. The summed E-state index contributed by atoms with van der Waals surface area (Å²) in [4.78, 5) is 54.5. The summed E-state index contributed by atoms with van der Waals surface area (Å²) in [5.74, 6) is -0.708. The molecule has 6 atom stereocenters. The van der Waals surface area contributed by atoms with Crippen molar-refractivity contribution < 1.29 is 14.5 Å². The molecule has 0 spiro atoms. The number of nitrogens with zero attached hydrogens (tertiary/aromatic N) is 2. The summed E-state index contributed by atoms with van der Waals surface area (Å²) in [6.45, 7) is 4.30. The fraction of sp³-hybridized carbons (Fsp3) is 0.476. The first-order valence-electron chi connectivity index (χ1n) is 10.2. The largest absolute Gasteiger partial charge is 0.307 e. The van der Waals surface area contributed by atoms with E-state index in [0.717, 1.165) is 16.3 Å². The number of aromatic amines is 1. The second-order valence-electron chi connectivity index (χ2n) is 9.40. The number of anilines is 1. The number of carbonyl (C=O) groups excluding carboxylic acids is 2. The van der Waals surface area contributed by atoms with Crippen molar-refractivity contribution in [1.82, 2.24) is 4.98 Å². The number of non-ortho nitro benzene ring substituents is 1. The molecule has 6 rings (SSSR count). The van der Waals surface area contributed by atoms with Crippen LogP contribution in [0.3, 0.4) is 0 Å². The van der Waals surface area contributed by atoms with Gasteiger partial charge in [-0.05, 0) is 36.3 Å². The standard InChI is InChI=1S/C21H19N3O5S2/c1-21(2)14-10-7-11(15(14)30-17-16(21)31-20(27)22-17)13-12(10)18(25)23(19(13)26)8-3-5-9(6-4-8)24(28)29/h3-6,10-15H,7H2,1-2H3,(H,22,27). The number of nitrogens with one attached hydrogen (secondary N) is 1. The highest BCUT2D eigenvalue weighted by Gasteiger charge is 2.70. The van der Waals surface area contributed by atoms with E-state index in [1.165, 1.54) is 40.5 Å². The van der Waals surface area contributed by atoms with Gasteiger partial charge in [0.25, 0.3) is 5.69 Å². The molecule has 3 fully saturated rings. The molecule has 0 radical (unpaired) electrons. The van der Waals surface area contributed by atoms with Crippen LogP contribution in [-0.4, -0.2) is 27.0 Å². The van der Waals surface area contributed by atoms with Gasteiger partial charge in [0.1, 0.15) is 0 Å². The van der Waals surface area contributed by atoms with Gasteiger partial charge >= 0.3 is 4.87 Å². The van der Waals surface area contributed by atoms with E-state index in [1.807, 2.05) is 0 Å². The van der Waals surface area contributed by atoms with Crippen molar-refractivity contribution in [2.24, 2.45) is 29.6 Å². The Morgan fingerprint density at radius 1 is 1.10 bits per heavy atom. The Hall–Kier alpha value is -2.46. The van der Waals surface area contributed by atoms with E-state index < -0.39 is 4.92 Å². The van der Waals surface area contributed by atoms with Crippen molar-refractivity contribution in [2.75, 3.05) is 4.90 Å². The molecule has 1 aromatic heterocycles. The van der Waals surface area contributed by atoms with Crippen LogP contribution in [0, 0.1) is 39.7 Å². The van der Waals surface area contributed by atoms with Gasteiger partial charge < -0.3 is 4.98 Å². The molecular formula is C21H19N3O5S2. The molecule has 10 heteroatoms. The number of imide groups is 1. The van der Waals surface area contributed by atoms with Gasteiger partial charge in [-0.2, -0.15) is 0 Å². The Balaban J connectivity index is 1.38. The molecule has 2 aliphatic heterocycles. The normalized spacial score (nSPS) is 34.6. The van der Waals surface area contributed by atoms with E-state index in [0.29, 0.717) is 5.69 Å². The maximum Gasteiger partial charge on any atom is 0.305 e. The zero-order valence-corrected chi connectivity index (χ0v) is 18.4. The van der Waals surface area contributed by atoms with Crippen molar-refractivity contribution in [1.29, 1.82) is 0 Å². The van der Waals surface area contributed by atoms with Crippen molar-refractivity contribution in [2.45, 2.75) is 36.0 Å². The highest BCUT2D eigenvalue weighted by Crippen LogP contribution is 2.69. The van der Waals surface area contributed by atoms with Gasteiger partial charge in [0.15, 0.2) is 0 Å². The van der Waals surface area contributed by atoms with Crippen LogP contribution in [0.4, 0.5) is 11.4 Å². The number of benzene rings is 1. The minimum atomic E-state index is -0.501. The fourth-order valence-corrected chi connectivity index (χ4v) is 9.78. The highest BCUT2D eigenvalue weighted by atomic mass is 32.2. The van der Waals surface area contributed by atoms with Crippen molar-refractivity contribution in [3.05, 3.63) is 48.9 Å². The zero-order valence-electron chi connectivity index (χ0n) is 16.7. The molecule has 2 aliphatic carbocycles. The third-order valence-electron chi connectivity index (χ3n) is 7.71. The fourth-order valence-electron chi connectivity index (χ4n) is 6.63. The van der Waals surface area contributed by atoms with Crippen LogP contribution in [0.25, 0.3) is 0 Å². The second-order valence-corrected chi connectivity index (χ2v) is 11.6. The number of nitro benzene ring substituents is 1. The monoisotopic (exact) mass is 457 g/mol. The summed E-state index contributed by atoms with van der Waals surface area (Å²) in [5.41, 5.74) is 0.0731. The van der Waals surface area contributed by atoms with Gasteiger partial charge in [0.05, 0.1) is 27.5 Å². The molecule has 6 unspecified atom stereocenters. The molecule has 1 saturated heterocycles. The van der Waals surface area contributed by atoms with Gasteiger partial charge in [0.2, 0.25) is 11.8 Å². The molecule has 4 aliphatic rings. The maximum absolute atomic E-state index is 13.5. The van der Waals surface area contributed by atoms with Crippen LogP contribution < -0.4 is 9.77 Å². The predicted molar refractivity (Wildman–Crippen MR) is 115 cm³/mol. The Labute approximate surface area is 185 Å². The minimum absolute atomic E-state index is 0.0606. The Morgan fingerprint density at radius 3 is 2.39 bits per heavy atom. The first-order valence-corrected chi connectivity index (χ1v) is 11.9. The molecule has 160 valence electrons. The highest BCUT2D eigenvalue weighted by molar-refractivity contribution is 8.00. The number of thioether (sulfide) groups is 1. The zero-order chi connectivity index (χ0) is 21.8. The maximum atomic E-state index is 13.5. The van der Waals surface area contributed by atoms with Crippen LogP contribution in [-0.2, 0) is 15.0 Å². The van der Waals surface area contributed by atoms with Gasteiger partial charge in [0, 0.05) is 27.7 Å². The van der Waals surface area contributed by atoms with E-state index >= 15 is 0 Å². The summed E-state index contributed by atoms with van der Waals surface area (Å²) in [5, 5.41) is 12.0. The third kappa shape index (κ3) is 2.34. The van der Waals surface area contributed by atoms with Crippen LogP contribution in [0.5, 0.6) is 0 Å². The molecule has 2 bridgehead atoms. The van der Waals surface area contributed by atoms with Crippen molar-refractivity contribution in [3.63, 3.8) is 0 Å². The topological polar surface area (TPSA) is 113 Å². The molecule has 1 aromatic carbocycles. The third-order valence-corrected chi connectivity index (χ3v) is 10.5. The lowest BCUT2D eigenvalue weighted by Crippen LogP contribution is -2.48. The first-order chi connectivity index (χ1) is 14.7. The number of rotatable bonds is 2. The molecular weight excluding hydrogens is 438 g/mol. The molecule has 31 heavy (non-hydrogen) atoms. The lowest BCUT2D eigenvalue weighted by molar-refractivity contribution is -0.384. The molecule has 2 saturated carbocycles. The number of carbonyl (C=O) groups is 2. The predicted octanol–water partition coefficient (Wildman–Crippen LogP) is 3.17.